The zero-order chi connectivity index (χ0) is 19.3. The minimum atomic E-state index is 0.425. The summed E-state index contributed by atoms with van der Waals surface area (Å²) in [4.78, 5) is 12.0. The van der Waals surface area contributed by atoms with Crippen molar-refractivity contribution in [3.05, 3.63) is 54.0 Å². The first kappa shape index (κ1) is 18.9. The van der Waals surface area contributed by atoms with Crippen molar-refractivity contribution >= 4 is 11.2 Å². The summed E-state index contributed by atoms with van der Waals surface area (Å²) in [6.07, 6.45) is 2.96. The minimum Gasteiger partial charge on any atom is -0.494 e. The molecule has 1 aromatic carbocycles. The molecule has 0 bridgehead atoms. The zero-order valence-electron chi connectivity index (χ0n) is 16.7. The van der Waals surface area contributed by atoms with Crippen molar-refractivity contribution in [3.63, 3.8) is 0 Å². The molecule has 0 unspecified atom stereocenters. The van der Waals surface area contributed by atoms with Crippen LogP contribution in [0.3, 0.4) is 0 Å². The van der Waals surface area contributed by atoms with Gasteiger partial charge in [0.25, 0.3) is 0 Å². The molecule has 1 atom stereocenters. The van der Waals surface area contributed by atoms with E-state index in [-0.39, 0.29) is 0 Å². The smallest absolute Gasteiger partial charge is 0.160 e. The standard InChI is InChI=1S/C22H28N4O2/c1-3-28-19-8-6-17(7-9-19)15-25-12-10-18(16-25)21-24-20-5-4-11-23-22(20)26(21)13-14-27-2/h4-9,11,18H,3,10,12-16H2,1-2H3/t18-/m0/s1. The zero-order valence-corrected chi connectivity index (χ0v) is 16.7. The first-order valence-electron chi connectivity index (χ1n) is 10.0. The summed E-state index contributed by atoms with van der Waals surface area (Å²) in [5.41, 5.74) is 3.25. The summed E-state index contributed by atoms with van der Waals surface area (Å²) in [6, 6.07) is 12.4. The van der Waals surface area contributed by atoms with Gasteiger partial charge < -0.3 is 14.0 Å². The highest BCUT2D eigenvalue weighted by atomic mass is 16.5. The largest absolute Gasteiger partial charge is 0.494 e. The van der Waals surface area contributed by atoms with Crippen molar-refractivity contribution in [2.24, 2.45) is 0 Å². The molecule has 1 aliphatic rings. The molecule has 0 radical (unpaired) electrons. The number of rotatable bonds is 8. The molecule has 0 amide bonds. The molecule has 2 aromatic heterocycles. The maximum absolute atomic E-state index is 5.54. The van der Waals surface area contributed by atoms with E-state index in [1.54, 1.807) is 7.11 Å². The van der Waals surface area contributed by atoms with Crippen LogP contribution in [0.2, 0.25) is 0 Å². The van der Waals surface area contributed by atoms with E-state index < -0.39 is 0 Å². The van der Waals surface area contributed by atoms with Crippen molar-refractivity contribution in [1.29, 1.82) is 0 Å². The maximum Gasteiger partial charge on any atom is 0.160 e. The Kier molecular flexibility index (Phi) is 5.88. The number of hydrogen-bond donors (Lipinski definition) is 0. The van der Waals surface area contributed by atoms with Gasteiger partial charge in [0.05, 0.1) is 13.2 Å². The van der Waals surface area contributed by atoms with E-state index in [0.717, 1.165) is 55.3 Å². The topological polar surface area (TPSA) is 52.4 Å². The van der Waals surface area contributed by atoms with E-state index in [4.69, 9.17) is 14.5 Å². The van der Waals surface area contributed by atoms with E-state index in [1.807, 2.05) is 25.3 Å². The highest BCUT2D eigenvalue weighted by Crippen LogP contribution is 2.30. The summed E-state index contributed by atoms with van der Waals surface area (Å²) in [6.45, 7) is 7.22. The first-order chi connectivity index (χ1) is 13.8. The molecule has 0 saturated carbocycles. The minimum absolute atomic E-state index is 0.425. The quantitative estimate of drug-likeness (QED) is 0.599. The SMILES string of the molecule is CCOc1ccc(CN2CC[C@H](c3nc4cccnc4n3CCOC)C2)cc1. The fourth-order valence-corrected chi connectivity index (χ4v) is 3.99. The molecule has 0 N–H and O–H groups in total. The number of likely N-dealkylation sites (tertiary alicyclic amines) is 1. The van der Waals surface area contributed by atoms with Gasteiger partial charge in [-0.3, -0.25) is 4.90 Å². The molecule has 3 aromatic rings. The summed E-state index contributed by atoms with van der Waals surface area (Å²) in [5, 5.41) is 0. The molecule has 148 valence electrons. The highest BCUT2D eigenvalue weighted by Gasteiger charge is 2.28. The van der Waals surface area contributed by atoms with Crippen molar-refractivity contribution < 1.29 is 9.47 Å². The highest BCUT2D eigenvalue weighted by molar-refractivity contribution is 5.71. The van der Waals surface area contributed by atoms with E-state index in [1.165, 1.54) is 5.56 Å². The Balaban J connectivity index is 1.47. The van der Waals surface area contributed by atoms with Crippen LogP contribution in [0.5, 0.6) is 5.75 Å². The van der Waals surface area contributed by atoms with Gasteiger partial charge in [-0.05, 0) is 49.7 Å². The van der Waals surface area contributed by atoms with Crippen LogP contribution in [0, 0.1) is 0 Å². The fraction of sp³-hybridized carbons (Fsp3) is 0.455. The number of benzene rings is 1. The lowest BCUT2D eigenvalue weighted by Crippen LogP contribution is -2.21. The average molecular weight is 380 g/mol. The third kappa shape index (κ3) is 4.03. The Hall–Kier alpha value is -2.44. The summed E-state index contributed by atoms with van der Waals surface area (Å²) >= 11 is 0. The van der Waals surface area contributed by atoms with Gasteiger partial charge in [0.15, 0.2) is 5.65 Å². The van der Waals surface area contributed by atoms with E-state index in [0.29, 0.717) is 19.1 Å². The van der Waals surface area contributed by atoms with Crippen LogP contribution < -0.4 is 4.74 Å². The summed E-state index contributed by atoms with van der Waals surface area (Å²) in [7, 11) is 1.74. The molecular formula is C22H28N4O2. The van der Waals surface area contributed by atoms with Gasteiger partial charge in [-0.2, -0.15) is 0 Å². The average Bonchev–Trinajstić information content (AvgIpc) is 3.32. The van der Waals surface area contributed by atoms with E-state index in [2.05, 4.69) is 38.7 Å². The third-order valence-electron chi connectivity index (χ3n) is 5.33. The Morgan fingerprint density at radius 3 is 2.82 bits per heavy atom. The molecule has 6 heteroatoms. The number of aromatic nitrogens is 3. The van der Waals surface area contributed by atoms with Crippen molar-refractivity contribution in [2.45, 2.75) is 32.4 Å². The lowest BCUT2D eigenvalue weighted by molar-refractivity contribution is 0.186. The normalized spacial score (nSPS) is 17.4. The van der Waals surface area contributed by atoms with Crippen LogP contribution in [0.1, 0.15) is 30.7 Å². The van der Waals surface area contributed by atoms with Gasteiger partial charge in [0.1, 0.15) is 17.1 Å². The lowest BCUT2D eigenvalue weighted by atomic mass is 10.1. The Bertz CT molecular complexity index is 907. The maximum atomic E-state index is 5.54. The molecule has 0 aliphatic carbocycles. The first-order valence-corrected chi connectivity index (χ1v) is 10.0. The predicted octanol–water partition coefficient (Wildman–Crippen LogP) is 3.47. The molecule has 28 heavy (non-hydrogen) atoms. The van der Waals surface area contributed by atoms with Crippen LogP contribution >= 0.6 is 0 Å². The van der Waals surface area contributed by atoms with Crippen LogP contribution in [0.25, 0.3) is 11.2 Å². The predicted molar refractivity (Wildman–Crippen MR) is 110 cm³/mol. The number of nitrogens with zero attached hydrogens (tertiary/aromatic N) is 4. The number of methoxy groups -OCH3 is 1. The van der Waals surface area contributed by atoms with Gasteiger partial charge in [0, 0.05) is 38.9 Å². The molecule has 1 fully saturated rings. The molecule has 1 aliphatic heterocycles. The van der Waals surface area contributed by atoms with Gasteiger partial charge in [-0.15, -0.1) is 0 Å². The van der Waals surface area contributed by atoms with E-state index in [9.17, 15) is 0 Å². The molecular weight excluding hydrogens is 352 g/mol. The Morgan fingerprint density at radius 2 is 2.04 bits per heavy atom. The van der Waals surface area contributed by atoms with Gasteiger partial charge in [-0.1, -0.05) is 12.1 Å². The van der Waals surface area contributed by atoms with Crippen LogP contribution in [0.4, 0.5) is 0 Å². The Morgan fingerprint density at radius 1 is 1.18 bits per heavy atom. The summed E-state index contributed by atoms with van der Waals surface area (Å²) in [5.74, 6) is 2.50. The number of ether oxygens (including phenoxy) is 2. The van der Waals surface area contributed by atoms with Crippen molar-refractivity contribution in [1.82, 2.24) is 19.4 Å². The molecule has 6 nitrogen and oxygen atoms in total. The fourth-order valence-electron chi connectivity index (χ4n) is 3.99. The van der Waals surface area contributed by atoms with Gasteiger partial charge >= 0.3 is 0 Å². The summed E-state index contributed by atoms with van der Waals surface area (Å²) < 4.78 is 13.1. The van der Waals surface area contributed by atoms with Gasteiger partial charge in [0.2, 0.25) is 0 Å². The van der Waals surface area contributed by atoms with E-state index >= 15 is 0 Å². The number of imidazole rings is 1. The third-order valence-corrected chi connectivity index (χ3v) is 5.33. The molecule has 0 spiro atoms. The second-order valence-electron chi connectivity index (χ2n) is 7.26. The van der Waals surface area contributed by atoms with Crippen molar-refractivity contribution in [3.8, 4) is 5.75 Å². The second-order valence-corrected chi connectivity index (χ2v) is 7.26. The van der Waals surface area contributed by atoms with Gasteiger partial charge in [-0.25, -0.2) is 9.97 Å². The van der Waals surface area contributed by atoms with Crippen LogP contribution in [0.15, 0.2) is 42.6 Å². The van der Waals surface area contributed by atoms with Crippen LogP contribution in [-0.4, -0.2) is 52.8 Å². The van der Waals surface area contributed by atoms with Crippen LogP contribution in [-0.2, 0) is 17.8 Å². The monoisotopic (exact) mass is 380 g/mol. The molecule has 1 saturated heterocycles. The number of fused-ring (bicyclic) bond motifs is 1. The number of pyridine rings is 1. The number of hydrogen-bond acceptors (Lipinski definition) is 5. The molecule has 3 heterocycles. The lowest BCUT2D eigenvalue weighted by Gasteiger charge is -2.17. The Labute approximate surface area is 166 Å². The van der Waals surface area contributed by atoms with Crippen molar-refractivity contribution in [2.75, 3.05) is 33.4 Å². The molecule has 4 rings (SSSR count). The second kappa shape index (κ2) is 8.71.